The van der Waals surface area contributed by atoms with Gasteiger partial charge in [-0.3, -0.25) is 14.4 Å². The number of aromatic nitrogens is 2. The van der Waals surface area contributed by atoms with E-state index in [2.05, 4.69) is 20.8 Å². The predicted molar refractivity (Wildman–Crippen MR) is 121 cm³/mol. The lowest BCUT2D eigenvalue weighted by molar-refractivity contribution is -0.118. The average Bonchev–Trinajstić information content (AvgIpc) is 2.74. The number of rotatable bonds is 7. The van der Waals surface area contributed by atoms with Gasteiger partial charge in [0.1, 0.15) is 6.04 Å². The van der Waals surface area contributed by atoms with Crippen molar-refractivity contribution in [3.63, 3.8) is 0 Å². The van der Waals surface area contributed by atoms with E-state index in [1.807, 2.05) is 39.0 Å². The van der Waals surface area contributed by atoms with Crippen LogP contribution in [-0.2, 0) is 4.79 Å². The molecule has 0 aliphatic heterocycles. The Hall–Kier alpha value is -3.74. The highest BCUT2D eigenvalue weighted by Crippen LogP contribution is 2.20. The van der Waals surface area contributed by atoms with Gasteiger partial charge in [-0.05, 0) is 49.1 Å². The molecule has 0 fully saturated rings. The second-order valence-corrected chi connectivity index (χ2v) is 7.85. The number of carbonyl (C=O) groups is 2. The standard InChI is InChI=1S/C24H26N4O3/c1-15(2)13-21(26-23(30)19-10-5-4-7-16(19)3)24(31)25-18-9-6-8-17(14-18)20-11-12-22(29)28-27-20/h4-12,14-15,21H,13H2,1-3H3,(H,25,31)(H,26,30)(H,28,29). The third-order valence-corrected chi connectivity index (χ3v) is 4.82. The Morgan fingerprint density at radius 1 is 1.03 bits per heavy atom. The summed E-state index contributed by atoms with van der Waals surface area (Å²) in [5.74, 6) is -0.350. The zero-order chi connectivity index (χ0) is 22.4. The van der Waals surface area contributed by atoms with Crippen LogP contribution in [0.5, 0.6) is 0 Å². The minimum Gasteiger partial charge on any atom is -0.340 e. The third kappa shape index (κ3) is 5.88. The van der Waals surface area contributed by atoms with Gasteiger partial charge >= 0.3 is 0 Å². The summed E-state index contributed by atoms with van der Waals surface area (Å²) in [5.41, 5.74) is 3.03. The lowest BCUT2D eigenvalue weighted by atomic mass is 10.0. The van der Waals surface area contributed by atoms with E-state index in [4.69, 9.17) is 0 Å². The van der Waals surface area contributed by atoms with Crippen molar-refractivity contribution in [2.24, 2.45) is 5.92 Å². The zero-order valence-electron chi connectivity index (χ0n) is 17.8. The summed E-state index contributed by atoms with van der Waals surface area (Å²) in [6.07, 6.45) is 0.505. The van der Waals surface area contributed by atoms with Gasteiger partial charge in [-0.1, -0.05) is 44.2 Å². The molecule has 0 aliphatic rings. The van der Waals surface area contributed by atoms with E-state index in [1.165, 1.54) is 6.07 Å². The molecule has 7 heteroatoms. The normalized spacial score (nSPS) is 11.7. The lowest BCUT2D eigenvalue weighted by Gasteiger charge is -2.21. The van der Waals surface area contributed by atoms with Crippen molar-refractivity contribution in [2.45, 2.75) is 33.2 Å². The first-order valence-electron chi connectivity index (χ1n) is 10.2. The highest BCUT2D eigenvalue weighted by molar-refractivity contribution is 6.02. The first-order valence-corrected chi connectivity index (χ1v) is 10.2. The predicted octanol–water partition coefficient (Wildman–Crippen LogP) is 3.53. The molecule has 0 spiro atoms. The van der Waals surface area contributed by atoms with Crippen molar-refractivity contribution in [1.82, 2.24) is 15.5 Å². The van der Waals surface area contributed by atoms with Crippen molar-refractivity contribution in [3.8, 4) is 11.3 Å². The molecule has 0 saturated carbocycles. The Morgan fingerprint density at radius 2 is 1.81 bits per heavy atom. The van der Waals surface area contributed by atoms with E-state index in [0.29, 0.717) is 23.4 Å². The van der Waals surface area contributed by atoms with Gasteiger partial charge in [-0.15, -0.1) is 0 Å². The molecule has 7 nitrogen and oxygen atoms in total. The van der Waals surface area contributed by atoms with Crippen molar-refractivity contribution in [3.05, 3.63) is 82.1 Å². The van der Waals surface area contributed by atoms with Crippen LogP contribution < -0.4 is 16.2 Å². The third-order valence-electron chi connectivity index (χ3n) is 4.82. The number of aryl methyl sites for hydroxylation is 1. The second kappa shape index (κ2) is 9.84. The fourth-order valence-electron chi connectivity index (χ4n) is 3.26. The summed E-state index contributed by atoms with van der Waals surface area (Å²) >= 11 is 0. The van der Waals surface area contributed by atoms with Crippen molar-refractivity contribution < 1.29 is 9.59 Å². The minimum atomic E-state index is -0.679. The van der Waals surface area contributed by atoms with E-state index < -0.39 is 6.04 Å². The Labute approximate surface area is 180 Å². The smallest absolute Gasteiger partial charge is 0.264 e. The molecule has 160 valence electrons. The number of aromatic amines is 1. The van der Waals surface area contributed by atoms with E-state index in [9.17, 15) is 14.4 Å². The second-order valence-electron chi connectivity index (χ2n) is 7.85. The van der Waals surface area contributed by atoms with Crippen LogP contribution in [0.2, 0.25) is 0 Å². The summed E-state index contributed by atoms with van der Waals surface area (Å²) in [5, 5.41) is 12.2. The fourth-order valence-corrected chi connectivity index (χ4v) is 3.26. The summed E-state index contributed by atoms with van der Waals surface area (Å²) < 4.78 is 0. The van der Waals surface area contributed by atoms with Crippen molar-refractivity contribution in [2.75, 3.05) is 5.32 Å². The van der Waals surface area contributed by atoms with Crippen LogP contribution in [-0.4, -0.2) is 28.1 Å². The van der Waals surface area contributed by atoms with Crippen molar-refractivity contribution in [1.29, 1.82) is 0 Å². The average molecular weight is 418 g/mol. The molecule has 3 aromatic rings. The van der Waals surface area contributed by atoms with Gasteiger partial charge < -0.3 is 10.6 Å². The molecule has 1 heterocycles. The van der Waals surface area contributed by atoms with Crippen LogP contribution in [0.1, 0.15) is 36.2 Å². The minimum absolute atomic E-state index is 0.213. The first kappa shape index (κ1) is 22.0. The topological polar surface area (TPSA) is 104 Å². The van der Waals surface area contributed by atoms with Gasteiger partial charge in [0, 0.05) is 22.9 Å². The van der Waals surface area contributed by atoms with Crippen molar-refractivity contribution >= 4 is 17.5 Å². The number of nitrogens with one attached hydrogen (secondary N) is 3. The number of H-pyrrole nitrogens is 1. The maximum atomic E-state index is 13.0. The highest BCUT2D eigenvalue weighted by atomic mass is 16.2. The van der Waals surface area contributed by atoms with Crippen LogP contribution >= 0.6 is 0 Å². The van der Waals surface area contributed by atoms with Gasteiger partial charge in [-0.25, -0.2) is 5.10 Å². The summed E-state index contributed by atoms with van der Waals surface area (Å²) in [7, 11) is 0. The molecule has 0 bridgehead atoms. The monoisotopic (exact) mass is 418 g/mol. The van der Waals surface area contributed by atoms with Crippen LogP contribution in [0.25, 0.3) is 11.3 Å². The number of anilines is 1. The number of hydrogen-bond acceptors (Lipinski definition) is 4. The Morgan fingerprint density at radius 3 is 2.48 bits per heavy atom. The number of amides is 2. The Bertz CT molecular complexity index is 1120. The summed E-state index contributed by atoms with van der Waals surface area (Å²) in [4.78, 5) is 37.0. The molecule has 1 aromatic heterocycles. The molecule has 0 radical (unpaired) electrons. The maximum absolute atomic E-state index is 13.0. The largest absolute Gasteiger partial charge is 0.340 e. The molecule has 0 saturated heterocycles. The van der Waals surface area contributed by atoms with E-state index in [-0.39, 0.29) is 23.3 Å². The number of benzene rings is 2. The number of carbonyl (C=O) groups excluding carboxylic acids is 2. The number of hydrogen-bond donors (Lipinski definition) is 3. The molecule has 1 unspecified atom stereocenters. The Balaban J connectivity index is 1.77. The first-order chi connectivity index (χ1) is 14.8. The molecular weight excluding hydrogens is 392 g/mol. The fraction of sp³-hybridized carbons (Fsp3) is 0.250. The number of nitrogens with zero attached hydrogens (tertiary/aromatic N) is 1. The quantitative estimate of drug-likeness (QED) is 0.546. The molecule has 2 aromatic carbocycles. The van der Waals surface area contributed by atoms with E-state index in [1.54, 1.807) is 36.4 Å². The van der Waals surface area contributed by atoms with E-state index >= 15 is 0 Å². The Kier molecular flexibility index (Phi) is 6.97. The van der Waals surface area contributed by atoms with Gasteiger partial charge in [0.05, 0.1) is 5.69 Å². The zero-order valence-corrected chi connectivity index (χ0v) is 17.8. The SMILES string of the molecule is Cc1ccccc1C(=O)NC(CC(C)C)C(=O)Nc1cccc(-c2ccc(=O)[nH]n2)c1. The maximum Gasteiger partial charge on any atom is 0.264 e. The molecule has 3 N–H and O–H groups in total. The molecular formula is C24H26N4O3. The molecule has 31 heavy (non-hydrogen) atoms. The van der Waals surface area contributed by atoms with Crippen LogP contribution in [0.15, 0.2) is 65.5 Å². The van der Waals surface area contributed by atoms with Crippen LogP contribution in [0.4, 0.5) is 5.69 Å². The van der Waals surface area contributed by atoms with Gasteiger partial charge in [0.25, 0.3) is 11.5 Å². The highest BCUT2D eigenvalue weighted by Gasteiger charge is 2.23. The van der Waals surface area contributed by atoms with E-state index in [0.717, 1.165) is 11.1 Å². The van der Waals surface area contributed by atoms with Gasteiger partial charge in [0.2, 0.25) is 5.91 Å². The molecule has 2 amide bonds. The molecule has 3 rings (SSSR count). The van der Waals surface area contributed by atoms with Crippen LogP contribution in [0, 0.1) is 12.8 Å². The van der Waals surface area contributed by atoms with Gasteiger partial charge in [0.15, 0.2) is 0 Å². The summed E-state index contributed by atoms with van der Waals surface area (Å²) in [6.45, 7) is 5.87. The molecule has 1 atom stereocenters. The summed E-state index contributed by atoms with van der Waals surface area (Å²) in [6, 6.07) is 16.8. The van der Waals surface area contributed by atoms with Gasteiger partial charge in [-0.2, -0.15) is 5.10 Å². The van der Waals surface area contributed by atoms with Crippen LogP contribution in [0.3, 0.4) is 0 Å². The lowest BCUT2D eigenvalue weighted by Crippen LogP contribution is -2.44. The molecule has 0 aliphatic carbocycles.